The second kappa shape index (κ2) is 3.36. The minimum atomic E-state index is -3.95. The van der Waals surface area contributed by atoms with Crippen LogP contribution in [0.15, 0.2) is 0 Å². The van der Waals surface area contributed by atoms with E-state index in [4.69, 9.17) is 0 Å². The minimum absolute atomic E-state index is 1.64. The Morgan fingerprint density at radius 1 is 1.20 bits per heavy atom. The van der Waals surface area contributed by atoms with Crippen molar-refractivity contribution < 1.29 is 22.3 Å². The molecule has 0 bridgehead atoms. The van der Waals surface area contributed by atoms with Crippen LogP contribution in [-0.2, 0) is 4.74 Å². The lowest BCUT2D eigenvalue weighted by Crippen LogP contribution is -2.35. The molecule has 0 rings (SSSR count). The fourth-order valence-electron chi connectivity index (χ4n) is 0.150. The highest BCUT2D eigenvalue weighted by Crippen LogP contribution is 2.43. The Labute approximate surface area is 71.0 Å². The Morgan fingerprint density at radius 3 is 1.70 bits per heavy atom. The van der Waals surface area contributed by atoms with Gasteiger partial charge in [0.25, 0.3) is 0 Å². The highest BCUT2D eigenvalue weighted by atomic mass is 79.9. The lowest BCUT2D eigenvalue weighted by Gasteiger charge is -2.21. The Bertz CT molecular complexity index is 112. The van der Waals surface area contributed by atoms with E-state index in [1.807, 2.05) is 15.9 Å². The standard InChI is InChI=1S/C3H2Br2F4O/c4-2(7,8)3(5,9)10-1-6/h1H2. The molecule has 0 saturated carbocycles. The van der Waals surface area contributed by atoms with Crippen LogP contribution in [0.4, 0.5) is 17.6 Å². The lowest BCUT2D eigenvalue weighted by molar-refractivity contribution is -0.184. The quantitative estimate of drug-likeness (QED) is 0.573. The van der Waals surface area contributed by atoms with Crippen molar-refractivity contribution in [3.8, 4) is 0 Å². The van der Waals surface area contributed by atoms with Gasteiger partial charge in [0, 0.05) is 0 Å². The Balaban J connectivity index is 4.10. The molecule has 0 aromatic carbocycles. The fourth-order valence-corrected chi connectivity index (χ4v) is 0.351. The second-order valence-corrected chi connectivity index (χ2v) is 3.28. The van der Waals surface area contributed by atoms with Gasteiger partial charge >= 0.3 is 9.60 Å². The first kappa shape index (κ1) is 10.6. The molecule has 0 aromatic rings. The third kappa shape index (κ3) is 2.71. The van der Waals surface area contributed by atoms with Crippen molar-refractivity contribution >= 4 is 31.9 Å². The summed E-state index contributed by atoms with van der Waals surface area (Å²) in [5.41, 5.74) is 0. The third-order valence-corrected chi connectivity index (χ3v) is 2.33. The molecule has 62 valence electrons. The maximum Gasteiger partial charge on any atom is 0.369 e. The summed E-state index contributed by atoms with van der Waals surface area (Å²) in [6.45, 7) is -1.64. The van der Waals surface area contributed by atoms with Crippen molar-refractivity contribution in [1.82, 2.24) is 0 Å². The van der Waals surface area contributed by atoms with Gasteiger partial charge in [-0.05, 0) is 31.9 Å². The zero-order valence-electron chi connectivity index (χ0n) is 4.38. The summed E-state index contributed by atoms with van der Waals surface area (Å²) in [7, 11) is 0. The first-order valence-corrected chi connectivity index (χ1v) is 3.54. The maximum atomic E-state index is 12.3. The van der Waals surface area contributed by atoms with E-state index in [2.05, 4.69) is 4.74 Å². The summed E-state index contributed by atoms with van der Waals surface area (Å²) in [4.78, 5) is -3.95. The summed E-state index contributed by atoms with van der Waals surface area (Å²) in [6.07, 6.45) is 0. The molecular weight excluding hydrogens is 288 g/mol. The molecule has 0 aliphatic heterocycles. The molecule has 10 heavy (non-hydrogen) atoms. The van der Waals surface area contributed by atoms with Gasteiger partial charge in [-0.25, -0.2) is 4.39 Å². The molecule has 0 heterocycles. The van der Waals surface area contributed by atoms with Crippen molar-refractivity contribution in [3.63, 3.8) is 0 Å². The van der Waals surface area contributed by atoms with Crippen LogP contribution in [0.2, 0.25) is 0 Å². The highest BCUT2D eigenvalue weighted by molar-refractivity contribution is 9.12. The number of hydrogen-bond acceptors (Lipinski definition) is 1. The van der Waals surface area contributed by atoms with Crippen molar-refractivity contribution in [1.29, 1.82) is 0 Å². The van der Waals surface area contributed by atoms with Gasteiger partial charge in [0.15, 0.2) is 6.86 Å². The molecule has 0 aliphatic rings. The Kier molecular flexibility index (Phi) is 3.57. The molecule has 0 N–H and O–H groups in total. The van der Waals surface area contributed by atoms with Crippen molar-refractivity contribution in [2.75, 3.05) is 6.86 Å². The van der Waals surface area contributed by atoms with Gasteiger partial charge in [-0.3, -0.25) is 4.74 Å². The Morgan fingerprint density at radius 2 is 1.60 bits per heavy atom. The first-order valence-electron chi connectivity index (χ1n) is 1.95. The van der Waals surface area contributed by atoms with Crippen LogP contribution in [0.3, 0.4) is 0 Å². The van der Waals surface area contributed by atoms with Crippen LogP contribution in [-0.4, -0.2) is 16.5 Å². The molecule has 0 spiro atoms. The number of hydrogen-bond donors (Lipinski definition) is 0. The molecule has 1 nitrogen and oxygen atoms in total. The Hall–Kier alpha value is 0.640. The van der Waals surface area contributed by atoms with Gasteiger partial charge in [-0.15, -0.1) is 0 Å². The maximum absolute atomic E-state index is 12.3. The first-order chi connectivity index (χ1) is 4.31. The SMILES string of the molecule is FCOC(F)(Br)C(F)(F)Br. The number of ether oxygens (including phenoxy) is 1. The van der Waals surface area contributed by atoms with E-state index in [9.17, 15) is 17.6 Å². The number of rotatable bonds is 3. The molecule has 1 atom stereocenters. The number of alkyl halides is 6. The van der Waals surface area contributed by atoms with Gasteiger partial charge in [-0.2, -0.15) is 13.2 Å². The summed E-state index contributed by atoms with van der Waals surface area (Å²) in [5, 5.41) is 0. The molecule has 0 aliphatic carbocycles. The zero-order valence-corrected chi connectivity index (χ0v) is 7.56. The topological polar surface area (TPSA) is 9.23 Å². The molecule has 0 saturated heterocycles. The zero-order chi connectivity index (χ0) is 8.41. The van der Waals surface area contributed by atoms with Gasteiger partial charge in [0.1, 0.15) is 0 Å². The van der Waals surface area contributed by atoms with Crippen molar-refractivity contribution in [2.45, 2.75) is 9.60 Å². The third-order valence-electron chi connectivity index (χ3n) is 0.566. The average molecular weight is 290 g/mol. The van der Waals surface area contributed by atoms with E-state index in [0.29, 0.717) is 0 Å². The van der Waals surface area contributed by atoms with Crippen LogP contribution in [0.25, 0.3) is 0 Å². The second-order valence-electron chi connectivity index (χ2n) is 1.27. The minimum Gasteiger partial charge on any atom is -0.300 e. The molecular formula is C3H2Br2F4O. The predicted molar refractivity (Wildman–Crippen MR) is 33.7 cm³/mol. The van der Waals surface area contributed by atoms with Crippen LogP contribution in [0.1, 0.15) is 0 Å². The largest absolute Gasteiger partial charge is 0.369 e. The van der Waals surface area contributed by atoms with Crippen LogP contribution >= 0.6 is 31.9 Å². The van der Waals surface area contributed by atoms with E-state index < -0.39 is 16.5 Å². The van der Waals surface area contributed by atoms with Gasteiger partial charge in [-0.1, -0.05) is 0 Å². The average Bonchev–Trinajstić information content (AvgIpc) is 1.61. The molecule has 0 aromatic heterocycles. The van der Waals surface area contributed by atoms with Gasteiger partial charge < -0.3 is 0 Å². The number of halogens is 6. The fraction of sp³-hybridized carbons (Fsp3) is 1.00. The highest BCUT2D eigenvalue weighted by Gasteiger charge is 2.53. The summed E-state index contributed by atoms with van der Waals surface area (Å²) < 4.78 is 47.1. The van der Waals surface area contributed by atoms with Gasteiger partial charge in [0.2, 0.25) is 0 Å². The molecule has 1 unspecified atom stereocenters. The molecule has 7 heteroatoms. The monoisotopic (exact) mass is 288 g/mol. The summed E-state index contributed by atoms with van der Waals surface area (Å²) in [5.74, 6) is 0. The van der Waals surface area contributed by atoms with Crippen molar-refractivity contribution in [3.05, 3.63) is 0 Å². The smallest absolute Gasteiger partial charge is 0.300 e. The predicted octanol–water partition coefficient (Wildman–Crippen LogP) is 2.94. The van der Waals surface area contributed by atoms with Crippen LogP contribution in [0, 0.1) is 0 Å². The lowest BCUT2D eigenvalue weighted by atomic mass is 10.7. The van der Waals surface area contributed by atoms with E-state index >= 15 is 0 Å². The van der Waals surface area contributed by atoms with E-state index in [1.54, 1.807) is 15.9 Å². The van der Waals surface area contributed by atoms with Crippen LogP contribution in [0.5, 0.6) is 0 Å². The normalized spacial score (nSPS) is 18.6. The molecule has 0 radical (unpaired) electrons. The van der Waals surface area contributed by atoms with Gasteiger partial charge in [0.05, 0.1) is 0 Å². The molecule has 0 fully saturated rings. The van der Waals surface area contributed by atoms with E-state index in [0.717, 1.165) is 0 Å². The summed E-state index contributed by atoms with van der Waals surface area (Å²) in [6, 6.07) is 0. The van der Waals surface area contributed by atoms with Crippen LogP contribution < -0.4 is 0 Å². The summed E-state index contributed by atoms with van der Waals surface area (Å²) >= 11 is 3.49. The van der Waals surface area contributed by atoms with E-state index in [-0.39, 0.29) is 0 Å². The van der Waals surface area contributed by atoms with Crippen molar-refractivity contribution in [2.24, 2.45) is 0 Å². The van der Waals surface area contributed by atoms with E-state index in [1.165, 1.54) is 0 Å². The molecule has 0 amide bonds.